The Morgan fingerprint density at radius 2 is 2.21 bits per heavy atom. The lowest BCUT2D eigenvalue weighted by Gasteiger charge is -2.36. The summed E-state index contributed by atoms with van der Waals surface area (Å²) in [4.78, 5) is 2.60. The lowest BCUT2D eigenvalue weighted by molar-refractivity contribution is 0.0924. The second kappa shape index (κ2) is 5.79. The smallest absolute Gasteiger partial charge is 0.162 e. The van der Waals surface area contributed by atoms with Crippen LogP contribution >= 0.6 is 12.2 Å². The predicted octanol–water partition coefficient (Wildman–Crippen LogP) is 1.34. The molecule has 0 spiro atoms. The minimum absolute atomic E-state index is 0.304. The van der Waals surface area contributed by atoms with Crippen molar-refractivity contribution in [3.05, 3.63) is 16.8 Å². The molecule has 0 radical (unpaired) electrons. The largest absolute Gasteiger partial charge is 0.389 e. The summed E-state index contributed by atoms with van der Waals surface area (Å²) in [6.45, 7) is 8.25. The number of morpholine rings is 1. The van der Waals surface area contributed by atoms with Crippen LogP contribution in [0.15, 0.2) is 0 Å². The van der Waals surface area contributed by atoms with E-state index in [1.54, 1.807) is 0 Å². The molecule has 1 atom stereocenters. The third kappa shape index (κ3) is 2.69. The molecular formula is C13H20N4OS. The van der Waals surface area contributed by atoms with Crippen molar-refractivity contribution in [1.29, 1.82) is 0 Å². The fraction of sp³-hybridized carbons (Fsp3) is 0.615. The van der Waals surface area contributed by atoms with Crippen LogP contribution in [0.4, 0.5) is 5.82 Å². The monoisotopic (exact) mass is 280 g/mol. The molecule has 1 unspecified atom stereocenters. The van der Waals surface area contributed by atoms with Crippen molar-refractivity contribution < 1.29 is 4.74 Å². The van der Waals surface area contributed by atoms with Gasteiger partial charge >= 0.3 is 0 Å². The Bertz CT molecular complexity index is 492. The fourth-order valence-corrected chi connectivity index (χ4v) is 2.61. The molecule has 1 fully saturated rings. The Balaban J connectivity index is 2.49. The highest BCUT2D eigenvalue weighted by molar-refractivity contribution is 7.80. The van der Waals surface area contributed by atoms with Gasteiger partial charge in [-0.1, -0.05) is 19.1 Å². The van der Waals surface area contributed by atoms with Gasteiger partial charge in [-0.25, -0.2) is 0 Å². The Labute approximate surface area is 119 Å². The van der Waals surface area contributed by atoms with Gasteiger partial charge < -0.3 is 15.4 Å². The zero-order valence-electron chi connectivity index (χ0n) is 11.6. The van der Waals surface area contributed by atoms with Crippen molar-refractivity contribution in [2.75, 3.05) is 24.7 Å². The molecule has 2 N–H and O–H groups in total. The van der Waals surface area contributed by atoms with E-state index < -0.39 is 0 Å². The number of thiocarbonyl (C=S) groups is 1. The highest BCUT2D eigenvalue weighted by Gasteiger charge is 2.27. The first-order valence-electron chi connectivity index (χ1n) is 6.54. The van der Waals surface area contributed by atoms with Gasteiger partial charge in [-0.3, -0.25) is 0 Å². The van der Waals surface area contributed by atoms with E-state index in [9.17, 15) is 0 Å². The standard InChI is InChI=1S/C13H20N4OS/c1-4-10-7-18-6-5-17(10)13-11(12(14)19)8(2)9(3)15-16-13/h10H,4-7H2,1-3H3,(H2,14,19). The van der Waals surface area contributed by atoms with Gasteiger partial charge in [0.05, 0.1) is 30.5 Å². The lowest BCUT2D eigenvalue weighted by atomic mass is 10.1. The van der Waals surface area contributed by atoms with E-state index >= 15 is 0 Å². The molecular weight excluding hydrogens is 260 g/mol. The van der Waals surface area contributed by atoms with Crippen molar-refractivity contribution in [3.63, 3.8) is 0 Å². The van der Waals surface area contributed by atoms with Crippen LogP contribution in [0.25, 0.3) is 0 Å². The van der Waals surface area contributed by atoms with Crippen molar-refractivity contribution in [2.24, 2.45) is 5.73 Å². The van der Waals surface area contributed by atoms with Crippen LogP contribution in [0.5, 0.6) is 0 Å². The third-order valence-electron chi connectivity index (χ3n) is 3.65. The van der Waals surface area contributed by atoms with E-state index in [0.717, 1.165) is 35.6 Å². The van der Waals surface area contributed by atoms with Crippen LogP contribution < -0.4 is 10.6 Å². The van der Waals surface area contributed by atoms with Gasteiger partial charge in [0.25, 0.3) is 0 Å². The Hall–Kier alpha value is -1.27. The summed E-state index contributed by atoms with van der Waals surface area (Å²) >= 11 is 5.19. The molecule has 19 heavy (non-hydrogen) atoms. The molecule has 2 heterocycles. The predicted molar refractivity (Wildman–Crippen MR) is 79.6 cm³/mol. The van der Waals surface area contributed by atoms with Crippen molar-refractivity contribution >= 4 is 23.0 Å². The number of hydrogen-bond acceptors (Lipinski definition) is 5. The van der Waals surface area contributed by atoms with E-state index in [1.807, 2.05) is 13.8 Å². The fourth-order valence-electron chi connectivity index (χ4n) is 2.36. The van der Waals surface area contributed by atoms with Crippen molar-refractivity contribution in [2.45, 2.75) is 33.2 Å². The first-order chi connectivity index (χ1) is 9.06. The molecule has 6 heteroatoms. The van der Waals surface area contributed by atoms with Gasteiger partial charge in [0, 0.05) is 6.54 Å². The zero-order chi connectivity index (χ0) is 14.0. The molecule has 0 aromatic carbocycles. The number of anilines is 1. The summed E-state index contributed by atoms with van der Waals surface area (Å²) in [5, 5.41) is 8.55. The first-order valence-corrected chi connectivity index (χ1v) is 6.95. The second-order valence-corrected chi connectivity index (χ2v) is 5.24. The normalized spacial score (nSPS) is 19.5. The van der Waals surface area contributed by atoms with Crippen LogP contribution in [-0.2, 0) is 4.74 Å². The van der Waals surface area contributed by atoms with Crippen LogP contribution in [0.3, 0.4) is 0 Å². The van der Waals surface area contributed by atoms with Crippen molar-refractivity contribution in [3.8, 4) is 0 Å². The quantitative estimate of drug-likeness (QED) is 0.843. The molecule has 2 rings (SSSR count). The molecule has 104 valence electrons. The molecule has 1 aromatic rings. The molecule has 0 aliphatic carbocycles. The van der Waals surface area contributed by atoms with Gasteiger partial charge in [0.2, 0.25) is 0 Å². The Morgan fingerprint density at radius 1 is 1.47 bits per heavy atom. The maximum Gasteiger partial charge on any atom is 0.162 e. The first kappa shape index (κ1) is 14.1. The van der Waals surface area contributed by atoms with Crippen LogP contribution in [0, 0.1) is 13.8 Å². The van der Waals surface area contributed by atoms with Gasteiger partial charge in [-0.05, 0) is 25.8 Å². The second-order valence-electron chi connectivity index (χ2n) is 4.80. The molecule has 0 amide bonds. The van der Waals surface area contributed by atoms with Gasteiger partial charge in [0.15, 0.2) is 5.82 Å². The maximum absolute atomic E-state index is 5.88. The van der Waals surface area contributed by atoms with Gasteiger partial charge in [-0.2, -0.15) is 5.10 Å². The Morgan fingerprint density at radius 3 is 2.84 bits per heavy atom. The molecule has 5 nitrogen and oxygen atoms in total. The van der Waals surface area contributed by atoms with E-state index in [2.05, 4.69) is 22.0 Å². The van der Waals surface area contributed by atoms with E-state index in [-0.39, 0.29) is 0 Å². The number of aromatic nitrogens is 2. The SMILES string of the molecule is CCC1COCCN1c1nnc(C)c(C)c1C(N)=S. The highest BCUT2D eigenvalue weighted by atomic mass is 32.1. The topological polar surface area (TPSA) is 64.3 Å². The summed E-state index contributed by atoms with van der Waals surface area (Å²) in [7, 11) is 0. The molecule has 0 bridgehead atoms. The number of nitrogens with zero attached hydrogens (tertiary/aromatic N) is 3. The third-order valence-corrected chi connectivity index (χ3v) is 3.86. The minimum Gasteiger partial charge on any atom is -0.389 e. The van der Waals surface area contributed by atoms with Gasteiger partial charge in [0.1, 0.15) is 4.99 Å². The number of nitrogens with two attached hydrogens (primary N) is 1. The average Bonchev–Trinajstić information content (AvgIpc) is 2.41. The van der Waals surface area contributed by atoms with E-state index in [4.69, 9.17) is 22.7 Å². The summed E-state index contributed by atoms with van der Waals surface area (Å²) < 4.78 is 5.53. The molecule has 1 saturated heterocycles. The number of ether oxygens (including phenoxy) is 1. The van der Waals surface area contributed by atoms with Crippen molar-refractivity contribution in [1.82, 2.24) is 10.2 Å². The summed E-state index contributed by atoms with van der Waals surface area (Å²) in [6.07, 6.45) is 0.991. The highest BCUT2D eigenvalue weighted by Crippen LogP contribution is 2.26. The Kier molecular flexibility index (Phi) is 4.31. The maximum atomic E-state index is 5.88. The molecule has 1 aliphatic heterocycles. The summed E-state index contributed by atoms with van der Waals surface area (Å²) in [6, 6.07) is 0.304. The van der Waals surface area contributed by atoms with Crippen LogP contribution in [0.2, 0.25) is 0 Å². The number of rotatable bonds is 3. The summed E-state index contributed by atoms with van der Waals surface area (Å²) in [5.41, 5.74) is 8.61. The summed E-state index contributed by atoms with van der Waals surface area (Å²) in [5.74, 6) is 0.797. The number of hydrogen-bond donors (Lipinski definition) is 1. The molecule has 1 aliphatic rings. The zero-order valence-corrected chi connectivity index (χ0v) is 12.5. The van der Waals surface area contributed by atoms with Gasteiger partial charge in [-0.15, -0.1) is 5.10 Å². The van der Waals surface area contributed by atoms with E-state index in [0.29, 0.717) is 24.2 Å². The minimum atomic E-state index is 0.304. The number of aryl methyl sites for hydroxylation is 1. The van der Waals surface area contributed by atoms with Crippen LogP contribution in [-0.4, -0.2) is 41.0 Å². The lowest BCUT2D eigenvalue weighted by Crippen LogP contribution is -2.46. The molecule has 1 aromatic heterocycles. The van der Waals surface area contributed by atoms with E-state index in [1.165, 1.54) is 0 Å². The van der Waals surface area contributed by atoms with Crippen LogP contribution in [0.1, 0.15) is 30.2 Å². The average molecular weight is 280 g/mol. The molecule has 0 saturated carbocycles.